The molecule has 1 aromatic heterocycles. The number of furan rings is 1. The molecule has 0 aliphatic heterocycles. The Bertz CT molecular complexity index is 947. The number of hydrogen-bond acceptors (Lipinski definition) is 3. The van der Waals surface area contributed by atoms with Crippen molar-refractivity contribution < 1.29 is 27.1 Å². The Hall–Kier alpha value is -2.96. The van der Waals surface area contributed by atoms with Crippen LogP contribution >= 0.6 is 0 Å². The van der Waals surface area contributed by atoms with Crippen molar-refractivity contribution in [1.82, 2.24) is 4.90 Å². The lowest BCUT2D eigenvalue weighted by atomic mass is 10.1. The third-order valence-electron chi connectivity index (χ3n) is 3.96. The summed E-state index contributed by atoms with van der Waals surface area (Å²) in [4.78, 5) is 13.9. The molecule has 4 nitrogen and oxygen atoms in total. The van der Waals surface area contributed by atoms with Crippen molar-refractivity contribution in [3.8, 4) is 5.75 Å². The number of para-hydroxylation sites is 1. The maximum Gasteiger partial charge on any atom is 0.416 e. The summed E-state index contributed by atoms with van der Waals surface area (Å²) >= 11 is 0. The summed E-state index contributed by atoms with van der Waals surface area (Å²) in [5.74, 6) is 0.168. The molecule has 0 N–H and O–H groups in total. The molecule has 3 aromatic rings. The molecule has 0 radical (unpaired) electrons. The first kappa shape index (κ1) is 17.8. The molecule has 0 saturated heterocycles. The number of carbonyl (C=O) groups is 1. The fraction of sp³-hybridized carbons (Fsp3) is 0.211. The van der Waals surface area contributed by atoms with Crippen molar-refractivity contribution in [2.75, 3.05) is 14.2 Å². The Morgan fingerprint density at radius 3 is 2.58 bits per heavy atom. The number of benzene rings is 2. The fourth-order valence-corrected chi connectivity index (χ4v) is 2.68. The minimum absolute atomic E-state index is 0.0247. The van der Waals surface area contributed by atoms with Gasteiger partial charge in [0.05, 0.1) is 12.7 Å². The zero-order valence-corrected chi connectivity index (χ0v) is 14.1. The molecule has 0 bridgehead atoms. The Kier molecular flexibility index (Phi) is 4.63. The summed E-state index contributed by atoms with van der Waals surface area (Å²) in [6.07, 6.45) is -4.42. The maximum absolute atomic E-state index is 12.8. The molecule has 1 heterocycles. The molecule has 0 fully saturated rings. The second-order valence-corrected chi connectivity index (χ2v) is 5.85. The highest BCUT2D eigenvalue weighted by Gasteiger charge is 2.30. The number of hydrogen-bond donors (Lipinski definition) is 0. The Morgan fingerprint density at radius 2 is 1.88 bits per heavy atom. The molecule has 3 rings (SSSR count). The highest BCUT2D eigenvalue weighted by atomic mass is 19.4. The van der Waals surface area contributed by atoms with Gasteiger partial charge in [-0.25, -0.2) is 0 Å². The summed E-state index contributed by atoms with van der Waals surface area (Å²) in [7, 11) is 3.01. The molecule has 136 valence electrons. The second-order valence-electron chi connectivity index (χ2n) is 5.85. The van der Waals surface area contributed by atoms with Crippen LogP contribution in [-0.4, -0.2) is 25.0 Å². The lowest BCUT2D eigenvalue weighted by Gasteiger charge is -2.17. The number of carbonyl (C=O) groups excluding carboxylic acids is 1. The molecule has 0 spiro atoms. The van der Waals surface area contributed by atoms with Crippen LogP contribution in [0.4, 0.5) is 13.2 Å². The first-order valence-corrected chi connectivity index (χ1v) is 7.78. The van der Waals surface area contributed by atoms with E-state index in [2.05, 4.69) is 0 Å². The molecule has 2 aromatic carbocycles. The van der Waals surface area contributed by atoms with Gasteiger partial charge in [-0.1, -0.05) is 24.3 Å². The van der Waals surface area contributed by atoms with E-state index in [1.54, 1.807) is 30.3 Å². The van der Waals surface area contributed by atoms with Gasteiger partial charge in [-0.15, -0.1) is 0 Å². The van der Waals surface area contributed by atoms with Gasteiger partial charge in [-0.2, -0.15) is 13.2 Å². The topological polar surface area (TPSA) is 42.7 Å². The number of rotatable bonds is 4. The summed E-state index contributed by atoms with van der Waals surface area (Å²) in [6.45, 7) is 0.0247. The number of ether oxygens (including phenoxy) is 1. The van der Waals surface area contributed by atoms with E-state index >= 15 is 0 Å². The fourth-order valence-electron chi connectivity index (χ4n) is 2.68. The molecule has 0 saturated carbocycles. The van der Waals surface area contributed by atoms with Crippen molar-refractivity contribution in [2.24, 2.45) is 0 Å². The van der Waals surface area contributed by atoms with Gasteiger partial charge < -0.3 is 14.1 Å². The van der Waals surface area contributed by atoms with E-state index < -0.39 is 17.6 Å². The number of methoxy groups -OCH3 is 1. The molecule has 1 amide bonds. The predicted molar refractivity (Wildman–Crippen MR) is 90.0 cm³/mol. The quantitative estimate of drug-likeness (QED) is 0.673. The minimum Gasteiger partial charge on any atom is -0.493 e. The van der Waals surface area contributed by atoms with Crippen LogP contribution in [0.3, 0.4) is 0 Å². The standard InChI is InChI=1S/C19H16F3NO3/c1-23(11-12-5-3-7-14(9-12)19(20,21)22)18(24)16-10-13-6-4-8-15(25-2)17(13)26-16/h3-10H,11H2,1-2H3. The third kappa shape index (κ3) is 3.51. The molecule has 26 heavy (non-hydrogen) atoms. The first-order valence-electron chi connectivity index (χ1n) is 7.78. The van der Waals surface area contributed by atoms with Crippen LogP contribution in [0.1, 0.15) is 21.7 Å². The first-order chi connectivity index (χ1) is 12.3. The van der Waals surface area contributed by atoms with Crippen molar-refractivity contribution >= 4 is 16.9 Å². The molecular formula is C19H16F3NO3. The highest BCUT2D eigenvalue weighted by molar-refractivity contribution is 5.97. The van der Waals surface area contributed by atoms with Gasteiger partial charge in [0.15, 0.2) is 17.1 Å². The van der Waals surface area contributed by atoms with Crippen LogP contribution in [-0.2, 0) is 12.7 Å². The monoisotopic (exact) mass is 363 g/mol. The van der Waals surface area contributed by atoms with Gasteiger partial charge in [0, 0.05) is 19.0 Å². The molecule has 0 atom stereocenters. The van der Waals surface area contributed by atoms with E-state index in [1.165, 1.54) is 25.1 Å². The zero-order chi connectivity index (χ0) is 18.9. The van der Waals surface area contributed by atoms with Crippen molar-refractivity contribution in [2.45, 2.75) is 12.7 Å². The van der Waals surface area contributed by atoms with Gasteiger partial charge in [-0.3, -0.25) is 4.79 Å². The van der Waals surface area contributed by atoms with E-state index in [-0.39, 0.29) is 12.3 Å². The summed E-state index contributed by atoms with van der Waals surface area (Å²) in [5, 5.41) is 0.708. The second kappa shape index (κ2) is 6.74. The van der Waals surface area contributed by atoms with Crippen LogP contribution in [0, 0.1) is 0 Å². The largest absolute Gasteiger partial charge is 0.493 e. The lowest BCUT2D eigenvalue weighted by molar-refractivity contribution is -0.137. The number of halogens is 3. The van der Waals surface area contributed by atoms with Crippen molar-refractivity contribution in [3.05, 3.63) is 65.4 Å². The van der Waals surface area contributed by atoms with Gasteiger partial charge in [0.2, 0.25) is 0 Å². The smallest absolute Gasteiger partial charge is 0.416 e. The third-order valence-corrected chi connectivity index (χ3v) is 3.96. The zero-order valence-electron chi connectivity index (χ0n) is 14.1. The molecular weight excluding hydrogens is 347 g/mol. The minimum atomic E-state index is -4.42. The summed E-state index contributed by atoms with van der Waals surface area (Å²) in [5.41, 5.74) is 0.0829. The van der Waals surface area contributed by atoms with Gasteiger partial charge in [0.1, 0.15) is 0 Å². The van der Waals surface area contributed by atoms with E-state index in [4.69, 9.17) is 9.15 Å². The number of nitrogens with zero attached hydrogens (tertiary/aromatic N) is 1. The van der Waals surface area contributed by atoms with E-state index in [1.807, 2.05) is 0 Å². The average Bonchev–Trinajstić information content (AvgIpc) is 3.04. The Labute approximate surface area is 147 Å². The van der Waals surface area contributed by atoms with Gasteiger partial charge in [-0.05, 0) is 29.8 Å². The predicted octanol–water partition coefficient (Wildman–Crippen LogP) is 4.73. The van der Waals surface area contributed by atoms with E-state index in [9.17, 15) is 18.0 Å². The molecule has 7 heteroatoms. The van der Waals surface area contributed by atoms with Gasteiger partial charge >= 0.3 is 6.18 Å². The van der Waals surface area contributed by atoms with Crippen molar-refractivity contribution in [1.29, 1.82) is 0 Å². The Balaban J connectivity index is 1.82. The number of fused-ring (bicyclic) bond motifs is 1. The molecule has 0 aliphatic carbocycles. The summed E-state index contributed by atoms with van der Waals surface area (Å²) in [6, 6.07) is 11.8. The van der Waals surface area contributed by atoms with E-state index in [0.29, 0.717) is 22.3 Å². The Morgan fingerprint density at radius 1 is 1.15 bits per heavy atom. The lowest BCUT2D eigenvalue weighted by Crippen LogP contribution is -2.26. The van der Waals surface area contributed by atoms with Gasteiger partial charge in [0.25, 0.3) is 5.91 Å². The van der Waals surface area contributed by atoms with Crippen LogP contribution < -0.4 is 4.74 Å². The number of alkyl halides is 3. The van der Waals surface area contributed by atoms with Crippen LogP contribution in [0.5, 0.6) is 5.75 Å². The summed E-state index contributed by atoms with van der Waals surface area (Å²) < 4.78 is 49.2. The van der Waals surface area contributed by atoms with Crippen molar-refractivity contribution in [3.63, 3.8) is 0 Å². The molecule has 0 aliphatic rings. The van der Waals surface area contributed by atoms with Crippen LogP contribution in [0.15, 0.2) is 52.9 Å². The molecule has 0 unspecified atom stereocenters. The average molecular weight is 363 g/mol. The van der Waals surface area contributed by atoms with E-state index in [0.717, 1.165) is 12.1 Å². The number of amides is 1. The normalized spacial score (nSPS) is 11.6. The maximum atomic E-state index is 12.8. The van der Waals surface area contributed by atoms with Crippen LogP contribution in [0.25, 0.3) is 11.0 Å². The highest BCUT2D eigenvalue weighted by Crippen LogP contribution is 2.31. The van der Waals surface area contributed by atoms with Crippen LogP contribution in [0.2, 0.25) is 0 Å². The SMILES string of the molecule is COc1cccc2cc(C(=O)N(C)Cc3cccc(C(F)(F)F)c3)oc12.